The number of nitrogens with zero attached hydrogens (tertiary/aromatic N) is 4. The lowest BCUT2D eigenvalue weighted by Gasteiger charge is -2.31. The molecule has 2 aromatic heterocycles. The number of thiazole rings is 1. The molecule has 4 heterocycles. The van der Waals surface area contributed by atoms with E-state index in [2.05, 4.69) is 20.1 Å². The number of aromatic nitrogens is 3. The maximum absolute atomic E-state index is 6.45. The zero-order valence-corrected chi connectivity index (χ0v) is 16.9. The number of rotatable bonds is 4. The third-order valence-corrected chi connectivity index (χ3v) is 6.44. The number of ether oxygens (including phenoxy) is 2. The van der Waals surface area contributed by atoms with Crippen molar-refractivity contribution < 1.29 is 13.9 Å². The van der Waals surface area contributed by atoms with Gasteiger partial charge in [-0.3, -0.25) is 4.90 Å². The molecule has 1 unspecified atom stereocenters. The van der Waals surface area contributed by atoms with Crippen molar-refractivity contribution in [3.8, 4) is 22.3 Å². The summed E-state index contributed by atoms with van der Waals surface area (Å²) in [5.74, 6) is 2.95. The summed E-state index contributed by atoms with van der Waals surface area (Å²) in [4.78, 5) is 7.58. The van der Waals surface area contributed by atoms with Gasteiger partial charge in [-0.1, -0.05) is 11.6 Å². The van der Waals surface area contributed by atoms with Crippen LogP contribution >= 0.6 is 22.9 Å². The molecule has 3 aromatic rings. The van der Waals surface area contributed by atoms with Gasteiger partial charge in [-0.2, -0.15) is 0 Å². The maximum atomic E-state index is 6.45. The minimum absolute atomic E-state index is 0.219. The van der Waals surface area contributed by atoms with Gasteiger partial charge in [0.15, 0.2) is 11.5 Å². The molecule has 1 atom stereocenters. The van der Waals surface area contributed by atoms with E-state index < -0.39 is 0 Å². The quantitative estimate of drug-likeness (QED) is 0.626. The molecule has 0 radical (unpaired) electrons. The summed E-state index contributed by atoms with van der Waals surface area (Å²) in [5, 5.41) is 9.26. The molecule has 0 bridgehead atoms. The van der Waals surface area contributed by atoms with Crippen LogP contribution in [0.5, 0.6) is 11.5 Å². The lowest BCUT2D eigenvalue weighted by Crippen LogP contribution is -2.34. The van der Waals surface area contributed by atoms with Crippen LogP contribution in [0.15, 0.2) is 22.1 Å². The van der Waals surface area contributed by atoms with E-state index in [1.165, 1.54) is 11.3 Å². The molecule has 1 saturated heterocycles. The number of piperidine rings is 1. The van der Waals surface area contributed by atoms with Gasteiger partial charge in [0.25, 0.3) is 5.89 Å². The molecule has 2 aliphatic heterocycles. The van der Waals surface area contributed by atoms with Gasteiger partial charge in [0.2, 0.25) is 12.7 Å². The van der Waals surface area contributed by atoms with E-state index in [0.29, 0.717) is 22.6 Å². The number of hydrogen-bond acceptors (Lipinski definition) is 8. The maximum Gasteiger partial charge on any atom is 0.259 e. The lowest BCUT2D eigenvalue weighted by molar-refractivity contribution is 0.173. The monoisotopic (exact) mass is 418 g/mol. The van der Waals surface area contributed by atoms with Crippen LogP contribution in [0, 0.1) is 6.92 Å². The molecule has 146 valence electrons. The van der Waals surface area contributed by atoms with Crippen LogP contribution in [0.3, 0.4) is 0 Å². The van der Waals surface area contributed by atoms with Gasteiger partial charge in [0, 0.05) is 24.2 Å². The summed E-state index contributed by atoms with van der Waals surface area (Å²) < 4.78 is 16.9. The molecule has 9 heteroatoms. The van der Waals surface area contributed by atoms with Crippen LogP contribution in [0.2, 0.25) is 5.02 Å². The molecule has 5 rings (SSSR count). The zero-order valence-electron chi connectivity index (χ0n) is 15.4. The van der Waals surface area contributed by atoms with Crippen LogP contribution in [0.25, 0.3) is 10.8 Å². The Morgan fingerprint density at radius 3 is 2.93 bits per heavy atom. The smallest absolute Gasteiger partial charge is 0.259 e. The molecule has 2 aliphatic rings. The van der Waals surface area contributed by atoms with Gasteiger partial charge in [0.1, 0.15) is 4.88 Å². The summed E-state index contributed by atoms with van der Waals surface area (Å²) in [7, 11) is 0. The van der Waals surface area contributed by atoms with Crippen molar-refractivity contribution in [2.45, 2.75) is 32.2 Å². The van der Waals surface area contributed by atoms with Crippen molar-refractivity contribution in [2.75, 3.05) is 19.9 Å². The molecule has 0 N–H and O–H groups in total. The van der Waals surface area contributed by atoms with Gasteiger partial charge in [-0.15, -0.1) is 21.5 Å². The fourth-order valence-electron chi connectivity index (χ4n) is 3.72. The third kappa shape index (κ3) is 3.36. The average Bonchev–Trinajstić information content (AvgIpc) is 3.42. The van der Waals surface area contributed by atoms with Crippen LogP contribution < -0.4 is 9.47 Å². The standard InChI is InChI=1S/C19H19ClN4O3S/c1-11-17(28-9-21-11)19-23-22-18(27-19)12-3-2-4-24(7-12)8-13-5-15-16(6-14(13)20)26-10-25-15/h5-6,9,12H,2-4,7-8,10H2,1H3. The highest BCUT2D eigenvalue weighted by atomic mass is 35.5. The highest BCUT2D eigenvalue weighted by Gasteiger charge is 2.27. The van der Waals surface area contributed by atoms with E-state index in [1.807, 2.05) is 19.1 Å². The fourth-order valence-corrected chi connectivity index (χ4v) is 4.66. The first-order valence-corrected chi connectivity index (χ1v) is 10.5. The van der Waals surface area contributed by atoms with Crippen LogP contribution in [-0.4, -0.2) is 40.0 Å². The van der Waals surface area contributed by atoms with E-state index in [-0.39, 0.29) is 12.7 Å². The van der Waals surface area contributed by atoms with Gasteiger partial charge in [-0.05, 0) is 37.9 Å². The van der Waals surface area contributed by atoms with E-state index in [9.17, 15) is 0 Å². The molecule has 0 saturated carbocycles. The normalized spacial score (nSPS) is 19.3. The summed E-state index contributed by atoms with van der Waals surface area (Å²) in [6.45, 7) is 4.82. The first kappa shape index (κ1) is 17.9. The Balaban J connectivity index is 1.31. The van der Waals surface area contributed by atoms with Gasteiger partial charge >= 0.3 is 0 Å². The van der Waals surface area contributed by atoms with Gasteiger partial charge in [-0.25, -0.2) is 4.98 Å². The Kier molecular flexibility index (Phi) is 4.70. The van der Waals surface area contributed by atoms with Crippen molar-refractivity contribution in [3.63, 3.8) is 0 Å². The predicted octanol–water partition coefficient (Wildman–Crippen LogP) is 4.26. The zero-order chi connectivity index (χ0) is 19.1. The van der Waals surface area contributed by atoms with Crippen molar-refractivity contribution in [3.05, 3.63) is 39.8 Å². The molecular weight excluding hydrogens is 400 g/mol. The van der Waals surface area contributed by atoms with Crippen molar-refractivity contribution in [1.29, 1.82) is 0 Å². The Morgan fingerprint density at radius 2 is 2.11 bits per heavy atom. The van der Waals surface area contributed by atoms with Crippen LogP contribution in [-0.2, 0) is 6.54 Å². The number of likely N-dealkylation sites (tertiary alicyclic amines) is 1. The summed E-state index contributed by atoms with van der Waals surface area (Å²) in [6.07, 6.45) is 2.11. The van der Waals surface area contributed by atoms with E-state index in [1.54, 1.807) is 5.51 Å². The number of hydrogen-bond donors (Lipinski definition) is 0. The second-order valence-corrected chi connectivity index (χ2v) is 8.35. The molecule has 1 fully saturated rings. The summed E-state index contributed by atoms with van der Waals surface area (Å²) in [5.41, 5.74) is 3.76. The average molecular weight is 419 g/mol. The fraction of sp³-hybridized carbons (Fsp3) is 0.421. The molecular formula is C19H19ClN4O3S. The summed E-state index contributed by atoms with van der Waals surface area (Å²) >= 11 is 7.97. The van der Waals surface area contributed by atoms with E-state index in [4.69, 9.17) is 25.5 Å². The lowest BCUT2D eigenvalue weighted by atomic mass is 9.97. The molecule has 0 spiro atoms. The highest BCUT2D eigenvalue weighted by Crippen LogP contribution is 2.38. The second-order valence-electron chi connectivity index (χ2n) is 7.08. The molecule has 7 nitrogen and oxygen atoms in total. The Labute approximate surface area is 171 Å². The van der Waals surface area contributed by atoms with Gasteiger partial charge in [0.05, 0.1) is 17.1 Å². The minimum atomic E-state index is 0.219. The van der Waals surface area contributed by atoms with Gasteiger partial charge < -0.3 is 13.9 Å². The molecule has 28 heavy (non-hydrogen) atoms. The first-order valence-electron chi connectivity index (χ1n) is 9.21. The van der Waals surface area contributed by atoms with E-state index in [0.717, 1.165) is 54.4 Å². The minimum Gasteiger partial charge on any atom is -0.454 e. The van der Waals surface area contributed by atoms with Crippen LogP contribution in [0.4, 0.5) is 0 Å². The molecule has 0 aliphatic carbocycles. The Bertz CT molecular complexity index is 1000. The number of aryl methyl sites for hydroxylation is 1. The predicted molar refractivity (Wildman–Crippen MR) is 105 cm³/mol. The number of fused-ring (bicyclic) bond motifs is 1. The molecule has 0 amide bonds. The Hall–Kier alpha value is -2.16. The topological polar surface area (TPSA) is 73.5 Å². The van der Waals surface area contributed by atoms with Crippen molar-refractivity contribution >= 4 is 22.9 Å². The third-order valence-electron chi connectivity index (χ3n) is 5.17. The number of halogens is 1. The Morgan fingerprint density at radius 1 is 1.25 bits per heavy atom. The molecule has 1 aromatic carbocycles. The largest absolute Gasteiger partial charge is 0.454 e. The van der Waals surface area contributed by atoms with Crippen molar-refractivity contribution in [1.82, 2.24) is 20.1 Å². The summed E-state index contributed by atoms with van der Waals surface area (Å²) in [6, 6.07) is 3.81. The first-order chi connectivity index (χ1) is 13.7. The highest BCUT2D eigenvalue weighted by molar-refractivity contribution is 7.13. The number of benzene rings is 1. The van der Waals surface area contributed by atoms with Crippen LogP contribution in [0.1, 0.15) is 35.9 Å². The second kappa shape index (κ2) is 7.35. The SMILES string of the molecule is Cc1ncsc1-c1nnc(C2CCCN(Cc3cc4c(cc3Cl)OCO4)C2)o1. The van der Waals surface area contributed by atoms with E-state index >= 15 is 0 Å². The van der Waals surface area contributed by atoms with Crippen molar-refractivity contribution in [2.24, 2.45) is 0 Å².